The van der Waals surface area contributed by atoms with Gasteiger partial charge in [-0.1, -0.05) is 13.8 Å². The van der Waals surface area contributed by atoms with Gasteiger partial charge in [0.05, 0.1) is 25.9 Å². The maximum atomic E-state index is 12.3. The van der Waals surface area contributed by atoms with Gasteiger partial charge in [-0.15, -0.1) is 0 Å². The Morgan fingerprint density at radius 2 is 1.31 bits per heavy atom. The number of rotatable bonds is 11. The van der Waals surface area contributed by atoms with Crippen LogP contribution in [0.2, 0.25) is 0 Å². The van der Waals surface area contributed by atoms with E-state index < -0.39 is 31.7 Å². The predicted octanol–water partition coefficient (Wildman–Crippen LogP) is 1.65. The van der Waals surface area contributed by atoms with Gasteiger partial charge in [0.25, 0.3) is 11.8 Å². The molecule has 0 fully saturated rings. The SMILES string of the molecule is CCC1=C(C)C(=O)N=C1/C=c1\[nH]/c(=C\c2[nH]c(/C=C3\NC(=O)C(C)=C3CC)c(C)c2CCS(=O)(=O)[O-])c(CCS(=O)(=O)[O-])c1C. The van der Waals surface area contributed by atoms with Crippen molar-refractivity contribution in [1.29, 1.82) is 0 Å². The molecule has 45 heavy (non-hydrogen) atoms. The van der Waals surface area contributed by atoms with Crippen molar-refractivity contribution in [2.75, 3.05) is 11.5 Å². The van der Waals surface area contributed by atoms with E-state index in [1.165, 1.54) is 0 Å². The number of aliphatic imine (C=N–C) groups is 1. The van der Waals surface area contributed by atoms with Gasteiger partial charge < -0.3 is 24.4 Å². The molecule has 4 heterocycles. The minimum atomic E-state index is -4.55. The molecule has 0 atom stereocenters. The normalized spacial score (nSPS) is 17.9. The molecule has 0 aromatic carbocycles. The van der Waals surface area contributed by atoms with E-state index in [2.05, 4.69) is 20.3 Å². The molecule has 3 N–H and O–H groups in total. The Bertz CT molecular complexity index is 2070. The number of carbonyl (C=O) groups is 2. The summed E-state index contributed by atoms with van der Waals surface area (Å²) in [5.74, 6) is -1.84. The van der Waals surface area contributed by atoms with Crippen molar-refractivity contribution >= 4 is 56.0 Å². The molecule has 0 saturated carbocycles. The van der Waals surface area contributed by atoms with Crippen LogP contribution >= 0.6 is 0 Å². The number of amides is 2. The summed E-state index contributed by atoms with van der Waals surface area (Å²) in [4.78, 5) is 35.3. The van der Waals surface area contributed by atoms with Crippen molar-refractivity contribution in [1.82, 2.24) is 15.3 Å². The molecule has 14 heteroatoms. The Balaban J connectivity index is 1.95. The summed E-state index contributed by atoms with van der Waals surface area (Å²) in [6, 6.07) is 0. The highest BCUT2D eigenvalue weighted by Gasteiger charge is 2.24. The average molecular weight is 657 g/mol. The molecule has 242 valence electrons. The predicted molar refractivity (Wildman–Crippen MR) is 169 cm³/mol. The lowest BCUT2D eigenvalue weighted by molar-refractivity contribution is -0.116. The molecule has 4 rings (SSSR count). The quantitative estimate of drug-likeness (QED) is 0.303. The highest BCUT2D eigenvalue weighted by molar-refractivity contribution is 7.85. The lowest BCUT2D eigenvalue weighted by Crippen LogP contribution is -2.16. The van der Waals surface area contributed by atoms with Gasteiger partial charge in [-0.3, -0.25) is 9.59 Å². The third-order valence-corrected chi connectivity index (χ3v) is 9.75. The Kier molecular flexibility index (Phi) is 9.73. The van der Waals surface area contributed by atoms with Crippen LogP contribution in [0.25, 0.3) is 18.2 Å². The minimum absolute atomic E-state index is 0.100. The first-order valence-corrected chi connectivity index (χ1v) is 17.6. The van der Waals surface area contributed by atoms with Crippen LogP contribution in [0, 0.1) is 13.8 Å². The second-order valence-corrected chi connectivity index (χ2v) is 14.2. The van der Waals surface area contributed by atoms with E-state index in [1.54, 1.807) is 45.9 Å². The van der Waals surface area contributed by atoms with Gasteiger partial charge in [-0.2, -0.15) is 0 Å². The summed E-state index contributed by atoms with van der Waals surface area (Å²) in [6.07, 6.45) is 6.12. The maximum Gasteiger partial charge on any atom is 0.273 e. The summed E-state index contributed by atoms with van der Waals surface area (Å²) in [5.41, 5.74) is 7.31. The molecule has 2 aliphatic rings. The molecule has 2 aliphatic heterocycles. The van der Waals surface area contributed by atoms with Gasteiger partial charge in [-0.05, 0) is 105 Å². The topological polar surface area (TPSA) is 205 Å². The third-order valence-electron chi connectivity index (χ3n) is 8.34. The van der Waals surface area contributed by atoms with Gasteiger partial charge in [-0.25, -0.2) is 21.8 Å². The monoisotopic (exact) mass is 656 g/mol. The van der Waals surface area contributed by atoms with Gasteiger partial charge in [0.15, 0.2) is 0 Å². The zero-order chi connectivity index (χ0) is 33.4. The average Bonchev–Trinajstić information content (AvgIpc) is 3.58. The Hall–Kier alpha value is -3.85. The fraction of sp³-hybridized carbons (Fsp3) is 0.387. The maximum absolute atomic E-state index is 12.3. The van der Waals surface area contributed by atoms with Crippen LogP contribution in [0.5, 0.6) is 0 Å². The van der Waals surface area contributed by atoms with E-state index in [4.69, 9.17) is 0 Å². The van der Waals surface area contributed by atoms with Crippen molar-refractivity contribution in [3.8, 4) is 0 Å². The Morgan fingerprint density at radius 3 is 1.89 bits per heavy atom. The number of H-pyrrole nitrogens is 2. The van der Waals surface area contributed by atoms with E-state index in [1.807, 2.05) is 13.8 Å². The zero-order valence-electron chi connectivity index (χ0n) is 26.0. The van der Waals surface area contributed by atoms with Gasteiger partial charge in [0.2, 0.25) is 0 Å². The van der Waals surface area contributed by atoms with Gasteiger partial charge in [0, 0.05) is 50.4 Å². The first-order valence-electron chi connectivity index (χ1n) is 14.5. The summed E-state index contributed by atoms with van der Waals surface area (Å²) >= 11 is 0. The van der Waals surface area contributed by atoms with Crippen molar-refractivity contribution in [3.05, 3.63) is 72.3 Å². The molecule has 0 aliphatic carbocycles. The van der Waals surface area contributed by atoms with Crippen LogP contribution in [0.4, 0.5) is 0 Å². The fourth-order valence-electron chi connectivity index (χ4n) is 5.77. The molecule has 0 bridgehead atoms. The number of nitrogens with one attached hydrogen (secondary N) is 3. The standard InChI is InChI=1S/C31H38N4O8S2/c1-7-20-18(5)30(36)34-26(20)13-24-16(3)22(9-11-44(38,39)40)28(32-24)15-29-23(10-12-45(41,42)43)17(4)25(33-29)14-27-21(8-2)19(6)31(37)35-27/h13-15,32-33H,7-12H2,1-6H3,(H,34,36)(H,38,39,40)(H,41,42,43)/p-2/b25-14-,26-13-,29-15-. The van der Waals surface area contributed by atoms with Crippen LogP contribution < -0.4 is 16.0 Å². The molecular weight excluding hydrogens is 620 g/mol. The number of aromatic nitrogens is 2. The second kappa shape index (κ2) is 12.9. The summed E-state index contributed by atoms with van der Waals surface area (Å²) < 4.78 is 69.5. The highest BCUT2D eigenvalue weighted by Crippen LogP contribution is 2.28. The van der Waals surface area contributed by atoms with Crippen LogP contribution in [-0.4, -0.2) is 64.9 Å². The van der Waals surface area contributed by atoms with Gasteiger partial charge >= 0.3 is 0 Å². The first kappa shape index (κ1) is 34.0. The van der Waals surface area contributed by atoms with Crippen molar-refractivity contribution in [2.45, 2.75) is 67.2 Å². The van der Waals surface area contributed by atoms with E-state index in [9.17, 15) is 35.5 Å². The summed E-state index contributed by atoms with van der Waals surface area (Å²) in [7, 11) is -9.11. The van der Waals surface area contributed by atoms with Crippen molar-refractivity contribution in [2.24, 2.45) is 4.99 Å². The molecule has 2 amide bonds. The van der Waals surface area contributed by atoms with Crippen LogP contribution in [-0.2, 0) is 42.7 Å². The molecule has 0 radical (unpaired) electrons. The van der Waals surface area contributed by atoms with Crippen LogP contribution in [0.15, 0.2) is 33.0 Å². The lowest BCUT2D eigenvalue weighted by Gasteiger charge is -2.08. The van der Waals surface area contributed by atoms with E-state index in [0.29, 0.717) is 79.7 Å². The number of hydrogen-bond acceptors (Lipinski definition) is 8. The molecule has 2 aromatic rings. The highest BCUT2D eigenvalue weighted by atomic mass is 32.2. The number of hydrogen-bond donors (Lipinski definition) is 3. The first-order chi connectivity index (χ1) is 20.9. The largest absolute Gasteiger partial charge is 0.748 e. The Labute approximate surface area is 262 Å². The van der Waals surface area contributed by atoms with Gasteiger partial charge in [0.1, 0.15) is 0 Å². The summed E-state index contributed by atoms with van der Waals surface area (Å²) in [6.45, 7) is 10.8. The number of allylic oxidation sites excluding steroid dienone is 2. The summed E-state index contributed by atoms with van der Waals surface area (Å²) in [5, 5.41) is 3.86. The minimum Gasteiger partial charge on any atom is -0.748 e. The lowest BCUT2D eigenvalue weighted by atomic mass is 10.0. The van der Waals surface area contributed by atoms with Crippen molar-refractivity contribution < 1.29 is 35.5 Å². The number of carbonyl (C=O) groups excluding carboxylic acids is 2. The van der Waals surface area contributed by atoms with E-state index >= 15 is 0 Å². The zero-order valence-corrected chi connectivity index (χ0v) is 27.6. The smallest absolute Gasteiger partial charge is 0.273 e. The van der Waals surface area contributed by atoms with Crippen LogP contribution in [0.3, 0.4) is 0 Å². The molecule has 0 saturated heterocycles. The third kappa shape index (κ3) is 7.52. The number of aromatic amines is 2. The molecular formula is C31H36N4O8S2-2. The fourth-order valence-corrected chi connectivity index (χ4v) is 6.68. The van der Waals surface area contributed by atoms with Crippen LogP contribution in [0.1, 0.15) is 74.2 Å². The van der Waals surface area contributed by atoms with E-state index in [0.717, 1.165) is 11.1 Å². The second-order valence-electron chi connectivity index (χ2n) is 11.2. The van der Waals surface area contributed by atoms with E-state index in [-0.39, 0.29) is 24.7 Å². The molecule has 12 nitrogen and oxygen atoms in total. The Morgan fingerprint density at radius 1 is 0.711 bits per heavy atom. The molecule has 0 unspecified atom stereocenters. The number of nitrogens with zero attached hydrogens (tertiary/aromatic N) is 1. The van der Waals surface area contributed by atoms with Crippen molar-refractivity contribution in [3.63, 3.8) is 0 Å². The molecule has 2 aromatic heterocycles. The molecule has 0 spiro atoms.